The van der Waals surface area contributed by atoms with E-state index in [1.165, 1.54) is 25.1 Å². The molecule has 2 aromatic carbocycles. The predicted molar refractivity (Wildman–Crippen MR) is 96.4 cm³/mol. The first kappa shape index (κ1) is 19.7. The van der Waals surface area contributed by atoms with Crippen LogP contribution in [-0.4, -0.2) is 40.7 Å². The fourth-order valence-electron chi connectivity index (χ4n) is 2.17. The Balaban J connectivity index is 0.000000195. The van der Waals surface area contributed by atoms with Crippen molar-refractivity contribution in [3.63, 3.8) is 0 Å². The van der Waals surface area contributed by atoms with Crippen LogP contribution in [0.3, 0.4) is 0 Å². The van der Waals surface area contributed by atoms with Gasteiger partial charge in [-0.05, 0) is 12.1 Å². The van der Waals surface area contributed by atoms with Crippen LogP contribution in [0.5, 0.6) is 0 Å². The third-order valence-corrected chi connectivity index (χ3v) is 5.70. The second-order valence-corrected chi connectivity index (χ2v) is 8.87. The summed E-state index contributed by atoms with van der Waals surface area (Å²) in [5.74, 6) is -0.294. The molecule has 3 aromatic rings. The number of carbonyl (C=O) groups excluding carboxylic acids is 2. The summed E-state index contributed by atoms with van der Waals surface area (Å²) in [6.07, 6.45) is 0.819. The summed E-state index contributed by atoms with van der Waals surface area (Å²) < 4.78 is 23.9. The van der Waals surface area contributed by atoms with Crippen LogP contribution >= 0.6 is 0 Å². The predicted octanol–water partition coefficient (Wildman–Crippen LogP) is 1.68. The number of hydrogen-bond donors (Lipinski definition) is 4. The molecule has 0 aliphatic heterocycles. The largest absolute Gasteiger partial charge is 0.352 e. The van der Waals surface area contributed by atoms with Crippen molar-refractivity contribution in [1.29, 1.82) is 0 Å². The number of anilines is 1. The SMILES string of the molecule is CC(=O)Nc1cccc([As](=O)(O)OO)c1.O=Cc1cc2ccccc2[nH]1. The molecule has 0 saturated carbocycles. The van der Waals surface area contributed by atoms with Gasteiger partial charge in [-0.1, -0.05) is 18.2 Å². The van der Waals surface area contributed by atoms with E-state index in [1.54, 1.807) is 6.07 Å². The number of H-pyrrole nitrogens is 1. The molecule has 0 aliphatic carbocycles. The summed E-state index contributed by atoms with van der Waals surface area (Å²) in [6.45, 7) is 1.32. The summed E-state index contributed by atoms with van der Waals surface area (Å²) in [6, 6.07) is 15.3. The van der Waals surface area contributed by atoms with Gasteiger partial charge in [0.2, 0.25) is 0 Å². The number of aldehydes is 1. The number of nitrogens with one attached hydrogen (secondary N) is 2. The Labute approximate surface area is 151 Å². The van der Waals surface area contributed by atoms with Crippen LogP contribution in [0.4, 0.5) is 5.69 Å². The molecular formula is C17H17AsN2O6. The third-order valence-electron chi connectivity index (χ3n) is 3.28. The molecule has 1 amide bonds. The molecule has 0 aliphatic rings. The minimum atomic E-state index is -4.83. The monoisotopic (exact) mass is 420 g/mol. The Morgan fingerprint density at radius 3 is 2.54 bits per heavy atom. The van der Waals surface area contributed by atoms with E-state index in [9.17, 15) is 17.4 Å². The number of benzene rings is 2. The van der Waals surface area contributed by atoms with Crippen LogP contribution < -0.4 is 9.67 Å². The molecule has 26 heavy (non-hydrogen) atoms. The average Bonchev–Trinajstić information content (AvgIpc) is 3.05. The summed E-state index contributed by atoms with van der Waals surface area (Å²) in [7, 11) is 0. The van der Waals surface area contributed by atoms with E-state index >= 15 is 0 Å². The van der Waals surface area contributed by atoms with Gasteiger partial charge in [-0.25, -0.2) is 0 Å². The minimum absolute atomic E-state index is 0.0399. The smallest absolute Gasteiger partial charge is 0.166 e. The van der Waals surface area contributed by atoms with E-state index in [1.807, 2.05) is 30.3 Å². The zero-order chi connectivity index (χ0) is 19.2. The molecule has 8 nitrogen and oxygen atoms in total. The normalized spacial score (nSPS) is 12.6. The van der Waals surface area contributed by atoms with Gasteiger partial charge in [0.15, 0.2) is 6.29 Å². The van der Waals surface area contributed by atoms with Crippen molar-refractivity contribution in [2.45, 2.75) is 6.92 Å². The summed E-state index contributed by atoms with van der Waals surface area (Å²) in [5.41, 5.74) is 2.01. The standard InChI is InChI=1S/C9H7NO.C8H10AsNO5/c11-6-8-5-7-3-1-2-4-9(7)10-8;1-6(11)10-8-4-2-3-7(5-8)9(12,13)15-14/h1-6,10H;2-5,14H,1H3,(H,10,11)(H,12,13). The van der Waals surface area contributed by atoms with Crippen molar-refractivity contribution >= 4 is 47.3 Å². The molecule has 136 valence electrons. The van der Waals surface area contributed by atoms with Crippen molar-refractivity contribution in [3.05, 3.63) is 60.3 Å². The van der Waals surface area contributed by atoms with E-state index in [4.69, 9.17) is 5.26 Å². The van der Waals surface area contributed by atoms with Gasteiger partial charge in [0, 0.05) is 10.9 Å². The van der Waals surface area contributed by atoms with Crippen LogP contribution in [0.2, 0.25) is 0 Å². The summed E-state index contributed by atoms with van der Waals surface area (Å²) in [4.78, 5) is 24.0. The number of aromatic nitrogens is 1. The molecule has 0 saturated heterocycles. The molecule has 1 atom stereocenters. The maximum Gasteiger partial charge on any atom is 0.166 e. The zero-order valence-corrected chi connectivity index (χ0v) is 15.6. The van der Waals surface area contributed by atoms with Crippen LogP contribution in [0, 0.1) is 0 Å². The van der Waals surface area contributed by atoms with Gasteiger partial charge in [0.05, 0.1) is 5.69 Å². The van der Waals surface area contributed by atoms with Gasteiger partial charge in [-0.15, -0.1) is 0 Å². The van der Waals surface area contributed by atoms with Crippen LogP contribution in [-0.2, 0) is 12.4 Å². The molecule has 3 rings (SSSR count). The molecule has 1 heterocycles. The quantitative estimate of drug-likeness (QED) is 0.220. The third kappa shape index (κ3) is 5.18. The molecule has 0 radical (unpaired) electrons. The Morgan fingerprint density at radius 1 is 1.19 bits per heavy atom. The molecule has 0 bridgehead atoms. The molecule has 0 fully saturated rings. The van der Waals surface area contributed by atoms with E-state index in [2.05, 4.69) is 14.2 Å². The van der Waals surface area contributed by atoms with Crippen molar-refractivity contribution in [1.82, 2.24) is 4.98 Å². The zero-order valence-electron chi connectivity index (χ0n) is 13.7. The number of hydrogen-bond acceptors (Lipinski definition) is 5. The topological polar surface area (TPSA) is 129 Å². The number of fused-ring (bicyclic) bond motifs is 1. The first-order chi connectivity index (χ1) is 12.4. The number of para-hydroxylation sites is 1. The Kier molecular flexibility index (Phi) is 6.54. The van der Waals surface area contributed by atoms with Crippen molar-refractivity contribution in [2.24, 2.45) is 0 Å². The van der Waals surface area contributed by atoms with E-state index in [0.717, 1.165) is 17.2 Å². The van der Waals surface area contributed by atoms with Gasteiger partial charge >= 0.3 is 88.4 Å². The summed E-state index contributed by atoms with van der Waals surface area (Å²) >= 11 is -4.83. The Morgan fingerprint density at radius 2 is 1.92 bits per heavy atom. The van der Waals surface area contributed by atoms with Crippen molar-refractivity contribution in [2.75, 3.05) is 5.32 Å². The van der Waals surface area contributed by atoms with Crippen LogP contribution in [0.25, 0.3) is 10.9 Å². The molecule has 1 unspecified atom stereocenters. The Bertz CT molecular complexity index is 936. The molecule has 9 heteroatoms. The fourth-order valence-corrected chi connectivity index (χ4v) is 3.58. The number of amides is 1. The van der Waals surface area contributed by atoms with Crippen molar-refractivity contribution < 1.29 is 26.6 Å². The van der Waals surface area contributed by atoms with Gasteiger partial charge in [0.1, 0.15) is 0 Å². The minimum Gasteiger partial charge on any atom is -0.352 e. The maximum atomic E-state index is 11.3. The average molecular weight is 420 g/mol. The van der Waals surface area contributed by atoms with Gasteiger partial charge in [-0.3, -0.25) is 4.79 Å². The molecule has 1 aromatic heterocycles. The molecule has 0 spiro atoms. The number of rotatable bonds is 4. The van der Waals surface area contributed by atoms with E-state index in [-0.39, 0.29) is 10.3 Å². The van der Waals surface area contributed by atoms with Crippen LogP contribution in [0.15, 0.2) is 54.6 Å². The van der Waals surface area contributed by atoms with E-state index in [0.29, 0.717) is 11.4 Å². The number of aromatic amines is 1. The maximum absolute atomic E-state index is 11.3. The number of carbonyl (C=O) groups is 2. The van der Waals surface area contributed by atoms with Gasteiger partial charge in [0.25, 0.3) is 0 Å². The van der Waals surface area contributed by atoms with Crippen molar-refractivity contribution in [3.8, 4) is 0 Å². The van der Waals surface area contributed by atoms with E-state index < -0.39 is 14.2 Å². The fraction of sp³-hybridized carbons (Fsp3) is 0.0588. The molecule has 4 N–H and O–H groups in total. The first-order valence-electron chi connectivity index (χ1n) is 7.43. The second kappa shape index (κ2) is 8.64. The van der Waals surface area contributed by atoms with Gasteiger partial charge in [-0.2, -0.15) is 0 Å². The second-order valence-electron chi connectivity index (χ2n) is 5.26. The first-order valence-corrected chi connectivity index (χ1v) is 10.7. The molecular weight excluding hydrogens is 403 g/mol. The Hall–Kier alpha value is -2.64. The van der Waals surface area contributed by atoms with Gasteiger partial charge < -0.3 is 4.98 Å². The van der Waals surface area contributed by atoms with Crippen LogP contribution in [0.1, 0.15) is 17.4 Å². The summed E-state index contributed by atoms with van der Waals surface area (Å²) in [5, 5.41) is 11.8.